The van der Waals surface area contributed by atoms with E-state index in [1.807, 2.05) is 54.6 Å². The van der Waals surface area contributed by atoms with Gasteiger partial charge in [0.05, 0.1) is 19.0 Å². The number of methoxy groups -OCH3 is 1. The smallest absolute Gasteiger partial charge is 0.211 e. The van der Waals surface area contributed by atoms with Crippen LogP contribution in [0.1, 0.15) is 23.7 Å². The fourth-order valence-electron chi connectivity index (χ4n) is 2.31. The Hall–Kier alpha value is -1.89. The summed E-state index contributed by atoms with van der Waals surface area (Å²) in [6, 6.07) is 16.5. The lowest BCUT2D eigenvalue weighted by Crippen LogP contribution is -2.29. The molecular formula is C18H23NO4S. The van der Waals surface area contributed by atoms with Crippen molar-refractivity contribution >= 4 is 10.0 Å². The molecule has 0 aromatic heterocycles. The minimum atomic E-state index is -3.37. The molecular weight excluding hydrogens is 326 g/mol. The zero-order valence-electron chi connectivity index (χ0n) is 13.7. The molecule has 6 heteroatoms. The quantitative estimate of drug-likeness (QED) is 0.728. The lowest BCUT2D eigenvalue weighted by Gasteiger charge is -2.12. The van der Waals surface area contributed by atoms with Gasteiger partial charge < -0.3 is 9.84 Å². The maximum Gasteiger partial charge on any atom is 0.211 e. The number of hydrogen-bond acceptors (Lipinski definition) is 4. The van der Waals surface area contributed by atoms with Crippen molar-refractivity contribution in [3.63, 3.8) is 0 Å². The van der Waals surface area contributed by atoms with Crippen LogP contribution in [0.15, 0.2) is 54.6 Å². The largest absolute Gasteiger partial charge is 0.497 e. The van der Waals surface area contributed by atoms with Crippen LogP contribution in [0.4, 0.5) is 0 Å². The molecule has 0 aliphatic carbocycles. The van der Waals surface area contributed by atoms with Gasteiger partial charge in [0, 0.05) is 6.54 Å². The minimum absolute atomic E-state index is 0.0146. The fourth-order valence-corrected chi connectivity index (χ4v) is 3.39. The molecule has 0 spiro atoms. The Balaban J connectivity index is 1.76. The molecule has 0 heterocycles. The zero-order valence-corrected chi connectivity index (χ0v) is 14.5. The van der Waals surface area contributed by atoms with Gasteiger partial charge in [-0.2, -0.15) is 0 Å². The van der Waals surface area contributed by atoms with E-state index in [0.29, 0.717) is 12.8 Å². The maximum absolute atomic E-state index is 12.0. The van der Waals surface area contributed by atoms with Crippen LogP contribution in [0.2, 0.25) is 0 Å². The standard InChI is InChI=1S/C18H23NO4S/c1-23-17-9-7-15(8-10-17)12-14-24(21,22)19-13-11-18(20)16-5-3-2-4-6-16/h2-10,18-20H,11-14H2,1H3/t18-/m1/s1. The first-order valence-corrected chi connectivity index (χ1v) is 9.49. The molecule has 130 valence electrons. The van der Waals surface area contributed by atoms with Gasteiger partial charge in [-0.3, -0.25) is 0 Å². The van der Waals surface area contributed by atoms with Crippen molar-refractivity contribution in [1.82, 2.24) is 4.72 Å². The van der Waals surface area contributed by atoms with E-state index in [0.717, 1.165) is 16.9 Å². The average molecular weight is 349 g/mol. The van der Waals surface area contributed by atoms with Gasteiger partial charge in [-0.15, -0.1) is 0 Å². The van der Waals surface area contributed by atoms with Gasteiger partial charge in [-0.1, -0.05) is 42.5 Å². The molecule has 0 unspecified atom stereocenters. The van der Waals surface area contributed by atoms with Gasteiger partial charge in [-0.25, -0.2) is 13.1 Å². The van der Waals surface area contributed by atoms with Crippen molar-refractivity contribution in [3.05, 3.63) is 65.7 Å². The SMILES string of the molecule is COc1ccc(CCS(=O)(=O)NCC[C@@H](O)c2ccccc2)cc1. The van der Waals surface area contributed by atoms with Crippen molar-refractivity contribution < 1.29 is 18.3 Å². The van der Waals surface area contributed by atoms with Crippen LogP contribution < -0.4 is 9.46 Å². The highest BCUT2D eigenvalue weighted by atomic mass is 32.2. The summed E-state index contributed by atoms with van der Waals surface area (Å²) in [7, 11) is -1.78. The Morgan fingerprint density at radius 1 is 1.08 bits per heavy atom. The second-order valence-electron chi connectivity index (χ2n) is 5.53. The van der Waals surface area contributed by atoms with Crippen LogP contribution >= 0.6 is 0 Å². The highest BCUT2D eigenvalue weighted by Gasteiger charge is 2.12. The first kappa shape index (κ1) is 18.4. The first-order chi connectivity index (χ1) is 11.5. The van der Waals surface area contributed by atoms with Gasteiger partial charge in [0.25, 0.3) is 0 Å². The van der Waals surface area contributed by atoms with E-state index in [9.17, 15) is 13.5 Å². The van der Waals surface area contributed by atoms with E-state index in [4.69, 9.17) is 4.74 Å². The Kier molecular flexibility index (Phi) is 6.78. The van der Waals surface area contributed by atoms with Crippen molar-refractivity contribution in [3.8, 4) is 5.75 Å². The van der Waals surface area contributed by atoms with Gasteiger partial charge >= 0.3 is 0 Å². The summed E-state index contributed by atoms with van der Waals surface area (Å²) >= 11 is 0. The molecule has 5 nitrogen and oxygen atoms in total. The molecule has 1 atom stereocenters. The number of aliphatic hydroxyl groups excluding tert-OH is 1. The van der Waals surface area contributed by atoms with Gasteiger partial charge in [0.2, 0.25) is 10.0 Å². The Morgan fingerprint density at radius 2 is 1.75 bits per heavy atom. The first-order valence-electron chi connectivity index (χ1n) is 7.83. The third-order valence-corrected chi connectivity index (χ3v) is 5.13. The lowest BCUT2D eigenvalue weighted by atomic mass is 10.1. The third kappa shape index (κ3) is 5.96. The van der Waals surface area contributed by atoms with E-state index in [1.54, 1.807) is 7.11 Å². The molecule has 0 aliphatic heterocycles. The van der Waals surface area contributed by atoms with Gasteiger partial charge in [0.1, 0.15) is 5.75 Å². The summed E-state index contributed by atoms with van der Waals surface area (Å²) in [5.41, 5.74) is 1.72. The van der Waals surface area contributed by atoms with Crippen molar-refractivity contribution in [2.75, 3.05) is 19.4 Å². The molecule has 0 aliphatic rings. The monoisotopic (exact) mass is 349 g/mol. The van der Waals surface area contributed by atoms with Crippen molar-refractivity contribution in [2.45, 2.75) is 18.9 Å². The second-order valence-corrected chi connectivity index (χ2v) is 7.45. The van der Waals surface area contributed by atoms with Crippen LogP contribution in [0.25, 0.3) is 0 Å². The Bertz CT molecular complexity index is 714. The summed E-state index contributed by atoms with van der Waals surface area (Å²) in [5.74, 6) is 0.760. The summed E-state index contributed by atoms with van der Waals surface area (Å²) in [6.45, 7) is 0.209. The predicted octanol–water partition coefficient (Wildman–Crippen LogP) is 2.28. The summed E-state index contributed by atoms with van der Waals surface area (Å²) in [5, 5.41) is 10.0. The average Bonchev–Trinajstić information content (AvgIpc) is 2.61. The van der Waals surface area contributed by atoms with Crippen molar-refractivity contribution in [1.29, 1.82) is 0 Å². The molecule has 0 saturated carbocycles. The molecule has 2 aromatic carbocycles. The number of benzene rings is 2. The molecule has 0 radical (unpaired) electrons. The van der Waals surface area contributed by atoms with Gasteiger partial charge in [0.15, 0.2) is 0 Å². The number of nitrogens with one attached hydrogen (secondary N) is 1. The second kappa shape index (κ2) is 8.82. The number of rotatable bonds is 9. The molecule has 2 rings (SSSR count). The van der Waals surface area contributed by atoms with Crippen LogP contribution in [0, 0.1) is 0 Å². The molecule has 0 bridgehead atoms. The molecule has 2 N–H and O–H groups in total. The van der Waals surface area contributed by atoms with E-state index in [-0.39, 0.29) is 12.3 Å². The summed E-state index contributed by atoms with van der Waals surface area (Å²) < 4.78 is 31.7. The normalized spacial score (nSPS) is 12.8. The van der Waals surface area contributed by atoms with E-state index in [2.05, 4.69) is 4.72 Å². The Morgan fingerprint density at radius 3 is 2.38 bits per heavy atom. The highest BCUT2D eigenvalue weighted by Crippen LogP contribution is 2.15. The van der Waals surface area contributed by atoms with Crippen LogP contribution in [-0.4, -0.2) is 32.9 Å². The van der Waals surface area contributed by atoms with E-state index >= 15 is 0 Å². The predicted molar refractivity (Wildman–Crippen MR) is 94.5 cm³/mol. The van der Waals surface area contributed by atoms with Crippen molar-refractivity contribution in [2.24, 2.45) is 0 Å². The molecule has 24 heavy (non-hydrogen) atoms. The maximum atomic E-state index is 12.0. The number of ether oxygens (including phenoxy) is 1. The topological polar surface area (TPSA) is 75.6 Å². The van der Waals surface area contributed by atoms with Crippen LogP contribution in [0.3, 0.4) is 0 Å². The summed E-state index contributed by atoms with van der Waals surface area (Å²) in [4.78, 5) is 0. The number of sulfonamides is 1. The van der Waals surface area contributed by atoms with Crippen LogP contribution in [0.5, 0.6) is 5.75 Å². The van der Waals surface area contributed by atoms with Gasteiger partial charge in [-0.05, 0) is 36.1 Å². The third-order valence-electron chi connectivity index (χ3n) is 3.74. The summed E-state index contributed by atoms with van der Waals surface area (Å²) in [6.07, 6.45) is 0.0993. The van der Waals surface area contributed by atoms with E-state index < -0.39 is 16.1 Å². The number of aryl methyl sites for hydroxylation is 1. The highest BCUT2D eigenvalue weighted by molar-refractivity contribution is 7.89. The molecule has 2 aromatic rings. The Labute approximate surface area is 143 Å². The molecule has 0 fully saturated rings. The molecule has 0 amide bonds. The fraction of sp³-hybridized carbons (Fsp3) is 0.333. The lowest BCUT2D eigenvalue weighted by molar-refractivity contribution is 0.169. The minimum Gasteiger partial charge on any atom is -0.497 e. The number of aliphatic hydroxyl groups is 1. The zero-order chi connectivity index (χ0) is 17.4. The number of hydrogen-bond donors (Lipinski definition) is 2. The van der Waals surface area contributed by atoms with E-state index in [1.165, 1.54) is 0 Å². The molecule has 0 saturated heterocycles. The van der Waals surface area contributed by atoms with Crippen LogP contribution in [-0.2, 0) is 16.4 Å².